The van der Waals surface area contributed by atoms with Crippen LogP contribution < -0.4 is 14.8 Å². The maximum absolute atomic E-state index is 13.1. The summed E-state index contributed by atoms with van der Waals surface area (Å²) in [6, 6.07) is 11.4. The van der Waals surface area contributed by atoms with Crippen LogP contribution in [0.1, 0.15) is 11.1 Å². The van der Waals surface area contributed by atoms with E-state index in [-0.39, 0.29) is 24.7 Å². The normalized spacial score (nSPS) is 14.3. The van der Waals surface area contributed by atoms with Gasteiger partial charge in [0.05, 0.1) is 36.5 Å². The van der Waals surface area contributed by atoms with E-state index in [1.165, 1.54) is 31.4 Å². The Balaban J connectivity index is 1.47. The van der Waals surface area contributed by atoms with E-state index < -0.39 is 17.6 Å². The van der Waals surface area contributed by atoms with Gasteiger partial charge in [-0.15, -0.1) is 0 Å². The fraction of sp³-hybridized carbons (Fsp3) is 0.348. The Kier molecular flexibility index (Phi) is 7.96. The minimum Gasteiger partial charge on any atom is -0.493 e. The number of piperazine rings is 1. The van der Waals surface area contributed by atoms with Crippen molar-refractivity contribution in [3.63, 3.8) is 0 Å². The molecule has 1 aliphatic rings. The molecular weight excluding hydrogens is 453 g/mol. The number of alkyl halides is 3. The number of carbonyl (C=O) groups is 2. The number of rotatable bonds is 7. The Morgan fingerprint density at radius 3 is 2.44 bits per heavy atom. The van der Waals surface area contributed by atoms with Gasteiger partial charge in [0.15, 0.2) is 18.1 Å². The minimum atomic E-state index is -4.57. The van der Waals surface area contributed by atoms with Crippen LogP contribution in [0.4, 0.5) is 18.9 Å². The lowest BCUT2D eigenvalue weighted by atomic mass is 10.1. The Hall–Kier alpha value is -3.78. The molecule has 0 atom stereocenters. The Bertz CT molecular complexity index is 1080. The SMILES string of the molecule is COc1cc(C#N)ccc1OCC(=O)N1CCN(CC(=O)Nc2ccccc2C(F)(F)F)CC1. The molecule has 180 valence electrons. The number of nitrogens with zero attached hydrogens (tertiary/aromatic N) is 3. The quantitative estimate of drug-likeness (QED) is 0.661. The van der Waals surface area contributed by atoms with Crippen molar-refractivity contribution < 1.29 is 32.2 Å². The summed E-state index contributed by atoms with van der Waals surface area (Å²) in [4.78, 5) is 28.1. The van der Waals surface area contributed by atoms with E-state index in [0.29, 0.717) is 43.2 Å². The van der Waals surface area contributed by atoms with Gasteiger partial charge in [-0.05, 0) is 24.3 Å². The summed E-state index contributed by atoms with van der Waals surface area (Å²) in [7, 11) is 1.43. The monoisotopic (exact) mass is 476 g/mol. The molecule has 0 aliphatic carbocycles. The Labute approximate surface area is 194 Å². The van der Waals surface area contributed by atoms with Gasteiger partial charge < -0.3 is 19.7 Å². The first-order valence-electron chi connectivity index (χ1n) is 10.4. The molecule has 1 saturated heterocycles. The van der Waals surface area contributed by atoms with Gasteiger partial charge in [0.2, 0.25) is 5.91 Å². The molecule has 34 heavy (non-hydrogen) atoms. The number of amides is 2. The van der Waals surface area contributed by atoms with Gasteiger partial charge in [0.1, 0.15) is 0 Å². The smallest absolute Gasteiger partial charge is 0.418 e. The summed E-state index contributed by atoms with van der Waals surface area (Å²) in [5.41, 5.74) is -0.792. The van der Waals surface area contributed by atoms with E-state index in [9.17, 15) is 22.8 Å². The number of para-hydroxylation sites is 1. The zero-order valence-electron chi connectivity index (χ0n) is 18.4. The molecular formula is C23H23F3N4O4. The highest BCUT2D eigenvalue weighted by atomic mass is 19.4. The average Bonchev–Trinajstić information content (AvgIpc) is 2.82. The van der Waals surface area contributed by atoms with Crippen LogP contribution in [0.2, 0.25) is 0 Å². The molecule has 0 aromatic heterocycles. The second kappa shape index (κ2) is 10.9. The van der Waals surface area contributed by atoms with Crippen LogP contribution >= 0.6 is 0 Å². The molecule has 1 aliphatic heterocycles. The fourth-order valence-electron chi connectivity index (χ4n) is 3.47. The Morgan fingerprint density at radius 1 is 1.09 bits per heavy atom. The number of anilines is 1. The minimum absolute atomic E-state index is 0.0901. The number of carbonyl (C=O) groups excluding carboxylic acids is 2. The molecule has 3 rings (SSSR count). The second-order valence-corrected chi connectivity index (χ2v) is 7.51. The molecule has 0 bridgehead atoms. The highest BCUT2D eigenvalue weighted by molar-refractivity contribution is 5.93. The standard InChI is InChI=1S/C23H23F3N4O4/c1-33-20-12-16(13-27)6-7-19(20)34-15-22(32)30-10-8-29(9-11-30)14-21(31)28-18-5-3-2-4-17(18)23(24,25)26/h2-7,12H,8-11,14-15H2,1H3,(H,28,31). The van der Waals surface area contributed by atoms with E-state index in [1.807, 2.05) is 6.07 Å². The molecule has 2 aromatic rings. The molecule has 0 radical (unpaired) electrons. The van der Waals surface area contributed by atoms with Crippen molar-refractivity contribution in [2.24, 2.45) is 0 Å². The summed E-state index contributed by atoms with van der Waals surface area (Å²) >= 11 is 0. The van der Waals surface area contributed by atoms with Gasteiger partial charge in [-0.25, -0.2) is 0 Å². The van der Waals surface area contributed by atoms with Gasteiger partial charge in [0.25, 0.3) is 5.91 Å². The first kappa shape index (κ1) is 24.9. The zero-order chi connectivity index (χ0) is 24.7. The number of nitriles is 1. The maximum Gasteiger partial charge on any atom is 0.418 e. The summed E-state index contributed by atoms with van der Waals surface area (Å²) < 4.78 is 50.0. The number of ether oxygens (including phenoxy) is 2. The molecule has 2 aromatic carbocycles. The molecule has 1 N–H and O–H groups in total. The van der Waals surface area contributed by atoms with Crippen molar-refractivity contribution >= 4 is 17.5 Å². The maximum atomic E-state index is 13.1. The number of hydrogen-bond acceptors (Lipinski definition) is 6. The van der Waals surface area contributed by atoms with E-state index in [0.717, 1.165) is 6.07 Å². The largest absolute Gasteiger partial charge is 0.493 e. The first-order chi connectivity index (χ1) is 16.2. The topological polar surface area (TPSA) is 94.9 Å². The number of halogens is 3. The van der Waals surface area contributed by atoms with Gasteiger partial charge in [0, 0.05) is 32.2 Å². The van der Waals surface area contributed by atoms with Crippen LogP contribution in [0.25, 0.3) is 0 Å². The summed E-state index contributed by atoms with van der Waals surface area (Å²) in [5, 5.41) is 11.3. The average molecular weight is 476 g/mol. The molecule has 1 fully saturated rings. The third-order valence-electron chi connectivity index (χ3n) is 5.24. The van der Waals surface area contributed by atoms with Crippen LogP contribution in [0.5, 0.6) is 11.5 Å². The number of benzene rings is 2. The fourth-order valence-corrected chi connectivity index (χ4v) is 3.47. The number of hydrogen-bond donors (Lipinski definition) is 1. The molecule has 0 saturated carbocycles. The molecule has 0 spiro atoms. The van der Waals surface area contributed by atoms with Crippen molar-refractivity contribution in [1.82, 2.24) is 9.80 Å². The van der Waals surface area contributed by atoms with Crippen molar-refractivity contribution in [3.05, 3.63) is 53.6 Å². The zero-order valence-corrected chi connectivity index (χ0v) is 18.4. The van der Waals surface area contributed by atoms with Gasteiger partial charge in [-0.1, -0.05) is 12.1 Å². The third-order valence-corrected chi connectivity index (χ3v) is 5.24. The highest BCUT2D eigenvalue weighted by Gasteiger charge is 2.33. The lowest BCUT2D eigenvalue weighted by molar-refractivity contribution is -0.137. The molecule has 11 heteroatoms. The number of methoxy groups -OCH3 is 1. The van der Waals surface area contributed by atoms with Crippen LogP contribution in [0.3, 0.4) is 0 Å². The molecule has 0 unspecified atom stereocenters. The van der Waals surface area contributed by atoms with Crippen molar-refractivity contribution in [2.45, 2.75) is 6.18 Å². The summed E-state index contributed by atoms with van der Waals surface area (Å²) in [6.45, 7) is 1.16. The van der Waals surface area contributed by atoms with Crippen LogP contribution in [0, 0.1) is 11.3 Å². The summed E-state index contributed by atoms with van der Waals surface area (Å²) in [6.07, 6.45) is -4.57. The van der Waals surface area contributed by atoms with Crippen molar-refractivity contribution in [3.8, 4) is 17.6 Å². The molecule has 2 amide bonds. The van der Waals surface area contributed by atoms with E-state index >= 15 is 0 Å². The van der Waals surface area contributed by atoms with Gasteiger partial charge in [-0.2, -0.15) is 18.4 Å². The van der Waals surface area contributed by atoms with Crippen LogP contribution in [-0.4, -0.2) is 68.1 Å². The molecule has 1 heterocycles. The van der Waals surface area contributed by atoms with Crippen molar-refractivity contribution in [2.75, 3.05) is 51.8 Å². The van der Waals surface area contributed by atoms with E-state index in [2.05, 4.69) is 5.32 Å². The van der Waals surface area contributed by atoms with Gasteiger partial charge in [-0.3, -0.25) is 14.5 Å². The molecule has 8 nitrogen and oxygen atoms in total. The number of nitrogens with one attached hydrogen (secondary N) is 1. The van der Waals surface area contributed by atoms with Crippen LogP contribution in [-0.2, 0) is 15.8 Å². The second-order valence-electron chi connectivity index (χ2n) is 7.51. The lowest BCUT2D eigenvalue weighted by Gasteiger charge is -2.34. The third kappa shape index (κ3) is 6.39. The predicted octanol–water partition coefficient (Wildman–Crippen LogP) is 2.75. The van der Waals surface area contributed by atoms with Gasteiger partial charge >= 0.3 is 6.18 Å². The van der Waals surface area contributed by atoms with E-state index in [4.69, 9.17) is 14.7 Å². The Morgan fingerprint density at radius 2 is 1.79 bits per heavy atom. The first-order valence-corrected chi connectivity index (χ1v) is 10.4. The predicted molar refractivity (Wildman–Crippen MR) is 116 cm³/mol. The van der Waals surface area contributed by atoms with Crippen LogP contribution in [0.15, 0.2) is 42.5 Å². The highest BCUT2D eigenvalue weighted by Crippen LogP contribution is 2.34. The van der Waals surface area contributed by atoms with Crippen molar-refractivity contribution in [1.29, 1.82) is 5.26 Å². The van der Waals surface area contributed by atoms with E-state index in [1.54, 1.807) is 21.9 Å². The summed E-state index contributed by atoms with van der Waals surface area (Å²) in [5.74, 6) is -0.138. The lowest BCUT2D eigenvalue weighted by Crippen LogP contribution is -2.51.